The Morgan fingerprint density at radius 1 is 0.441 bits per heavy atom. The highest BCUT2D eigenvalue weighted by atomic mass is 79.9. The Kier molecular flexibility index (Phi) is 28.0. The summed E-state index contributed by atoms with van der Waals surface area (Å²) in [7, 11) is 0. The second-order valence-electron chi connectivity index (χ2n) is 27.1. The molecule has 0 bridgehead atoms. The lowest BCUT2D eigenvalue weighted by atomic mass is 9.68. The Labute approximate surface area is 581 Å². The second kappa shape index (κ2) is 36.6. The first-order valence-corrected chi connectivity index (χ1v) is 38.3. The molecule has 0 saturated heterocycles. The summed E-state index contributed by atoms with van der Waals surface area (Å²) < 4.78 is 2.16. The summed E-state index contributed by atoms with van der Waals surface area (Å²) in [5.41, 5.74) is 21.3. The van der Waals surface area contributed by atoms with Crippen LogP contribution in [-0.2, 0) is 10.8 Å². The van der Waals surface area contributed by atoms with E-state index in [1.807, 2.05) is 6.08 Å². The van der Waals surface area contributed by atoms with Crippen LogP contribution >= 0.6 is 31.9 Å². The van der Waals surface area contributed by atoms with Crippen LogP contribution in [0.25, 0.3) is 28.0 Å². The van der Waals surface area contributed by atoms with Crippen molar-refractivity contribution in [1.29, 1.82) is 0 Å². The van der Waals surface area contributed by atoms with E-state index in [1.165, 1.54) is 210 Å². The molecule has 2 nitrogen and oxygen atoms in total. The lowest BCUT2D eigenvalue weighted by molar-refractivity contribution is 0.394. The lowest BCUT2D eigenvalue weighted by Gasteiger charge is -2.36. The van der Waals surface area contributed by atoms with E-state index >= 15 is 0 Å². The van der Waals surface area contributed by atoms with Crippen LogP contribution in [0.3, 0.4) is 0 Å². The maximum Gasteiger partial charge on any atom is 0.0533 e. The molecular weight excluding hydrogens is 1260 g/mol. The third-order valence-electron chi connectivity index (χ3n) is 20.5. The summed E-state index contributed by atoms with van der Waals surface area (Å²) in [4.78, 5) is 5.10. The van der Waals surface area contributed by atoms with E-state index in [2.05, 4.69) is 284 Å². The topological polar surface area (TPSA) is 6.48 Å². The van der Waals surface area contributed by atoms with Crippen molar-refractivity contribution in [2.45, 2.75) is 232 Å². The fraction of sp³-hybridized carbons (Fsp3) is 0.416. The van der Waals surface area contributed by atoms with E-state index in [4.69, 9.17) is 0 Å². The zero-order valence-electron chi connectivity index (χ0n) is 57.8. The van der Waals surface area contributed by atoms with E-state index in [-0.39, 0.29) is 16.7 Å². The number of unbranched alkanes of at least 4 members (excludes halogenated alkanes) is 20. The highest BCUT2D eigenvalue weighted by molar-refractivity contribution is 9.10. The molecule has 0 saturated carbocycles. The van der Waals surface area contributed by atoms with E-state index in [0.29, 0.717) is 0 Å². The molecular formula is C89H110Br2N2. The highest BCUT2D eigenvalue weighted by Gasteiger charge is 2.48. The molecule has 0 amide bonds. The zero-order chi connectivity index (χ0) is 65.3. The van der Waals surface area contributed by atoms with E-state index in [1.54, 1.807) is 16.7 Å². The summed E-state index contributed by atoms with van der Waals surface area (Å²) in [6.07, 6.45) is 61.7. The van der Waals surface area contributed by atoms with Crippen LogP contribution in [0.4, 0.5) is 22.7 Å². The average Bonchev–Trinajstić information content (AvgIpc) is 1.53. The van der Waals surface area contributed by atoms with Gasteiger partial charge in [-0.1, -0.05) is 330 Å². The third-order valence-corrected chi connectivity index (χ3v) is 21.6. The molecule has 1 unspecified atom stereocenters. The molecule has 0 spiro atoms. The van der Waals surface area contributed by atoms with Crippen molar-refractivity contribution >= 4 is 60.3 Å². The summed E-state index contributed by atoms with van der Waals surface area (Å²) in [5.74, 6) is 0.247. The Morgan fingerprint density at radius 3 is 1.30 bits per heavy atom. The maximum atomic E-state index is 4.08. The molecule has 93 heavy (non-hydrogen) atoms. The maximum absolute atomic E-state index is 4.08. The number of allylic oxidation sites excluding steroid dienone is 13. The van der Waals surface area contributed by atoms with Crippen molar-refractivity contribution in [3.8, 4) is 22.3 Å². The summed E-state index contributed by atoms with van der Waals surface area (Å²) >= 11 is 7.66. The van der Waals surface area contributed by atoms with Crippen LogP contribution in [0.15, 0.2) is 227 Å². The van der Waals surface area contributed by atoms with Gasteiger partial charge in [-0.05, 0) is 185 Å². The molecule has 4 heteroatoms. The van der Waals surface area contributed by atoms with Gasteiger partial charge in [-0.3, -0.25) is 0 Å². The first-order valence-electron chi connectivity index (χ1n) is 36.7. The number of benzene rings is 6. The lowest BCUT2D eigenvalue weighted by Crippen LogP contribution is -2.27. The average molecular weight is 1370 g/mol. The van der Waals surface area contributed by atoms with Gasteiger partial charge in [-0.25, -0.2) is 0 Å². The van der Waals surface area contributed by atoms with Gasteiger partial charge in [-0.2, -0.15) is 0 Å². The van der Waals surface area contributed by atoms with Gasteiger partial charge in [0.2, 0.25) is 0 Å². The van der Waals surface area contributed by atoms with Crippen molar-refractivity contribution in [2.75, 3.05) is 9.80 Å². The van der Waals surface area contributed by atoms with Gasteiger partial charge in [0.05, 0.1) is 5.70 Å². The molecule has 0 N–H and O–H groups in total. The molecule has 0 fully saturated rings. The molecule has 6 aromatic rings. The second-order valence-corrected chi connectivity index (χ2v) is 28.9. The van der Waals surface area contributed by atoms with Crippen molar-refractivity contribution in [3.05, 3.63) is 255 Å². The number of nitrogens with zero attached hydrogens (tertiary/aromatic N) is 2. The summed E-state index contributed by atoms with van der Waals surface area (Å²) in [5, 5.41) is 0. The molecule has 6 aromatic carbocycles. The quantitative estimate of drug-likeness (QED) is 0.0280. The van der Waals surface area contributed by atoms with E-state index in [0.717, 1.165) is 51.7 Å². The van der Waals surface area contributed by atoms with Crippen molar-refractivity contribution in [3.63, 3.8) is 0 Å². The highest BCUT2D eigenvalue weighted by Crippen LogP contribution is 2.62. The first kappa shape index (κ1) is 71.1. The third kappa shape index (κ3) is 17.6. The number of halogens is 2. The molecule has 0 radical (unpaired) electrons. The SMILES string of the molecule is C=C/C=C\C=C(/c1ccccc1)N(c1ccc(Br)cc1)c1ccc2c(c1)C(CCCCCCCC)(CCCCCCCC)c1cc3c(cc1-2)C(CCCCCCCC)(CCCCCCCC)c1cc(N(C(/C=C\C=C/C)=C2/C=CC=CC2C)c2ccc(Br)cc2)ccc1-3. The Balaban J connectivity index is 1.32. The van der Waals surface area contributed by atoms with Crippen LogP contribution in [0, 0.1) is 5.92 Å². The normalized spacial score (nSPS) is 15.7. The van der Waals surface area contributed by atoms with Crippen molar-refractivity contribution < 1.29 is 0 Å². The van der Waals surface area contributed by atoms with Crippen LogP contribution in [0.5, 0.6) is 0 Å². The van der Waals surface area contributed by atoms with Gasteiger partial charge >= 0.3 is 0 Å². The van der Waals surface area contributed by atoms with E-state index < -0.39 is 0 Å². The first-order chi connectivity index (χ1) is 45.7. The molecule has 3 aliphatic carbocycles. The molecule has 3 aliphatic rings. The number of fused-ring (bicyclic) bond motifs is 6. The fourth-order valence-corrected chi connectivity index (χ4v) is 16.1. The minimum atomic E-state index is -0.169. The minimum Gasteiger partial charge on any atom is -0.310 e. The Hall–Kier alpha value is -6.20. The van der Waals surface area contributed by atoms with Gasteiger partial charge in [0.15, 0.2) is 0 Å². The standard InChI is InChI=1S/C89H110Br2N2/c1-8-14-20-24-28-39-61-88(62-40-29-25-21-15-9-2)82-65-75(92(73-53-49-71(90)50-54-73)86(47-33-18-12-5)70-44-35-32-36-45-70)57-59-78(82)80-67-85-81(68-84(80)88)79-60-58-76(66-83(79)89(85,63-41-30-26-22-16-10-3)64-42-31-27-23-17-11-4)93(74-55-51-72(91)52-56-74)87(48-34-19-13-6)77-46-38-37-43-69(77)7/h12-13,18-19,32-38,43-60,65-69H,5,8-11,14-17,20-31,39-42,61-64H2,1-4,6-7H3/b19-13-,33-18-,48-34-,86-47+,87-77-. The molecule has 1 atom stereocenters. The van der Waals surface area contributed by atoms with Gasteiger partial charge in [0.25, 0.3) is 0 Å². The van der Waals surface area contributed by atoms with Crippen LogP contribution in [0.2, 0.25) is 0 Å². The van der Waals surface area contributed by atoms with Gasteiger partial charge in [0, 0.05) is 54.1 Å². The van der Waals surface area contributed by atoms with Crippen molar-refractivity contribution in [2.24, 2.45) is 5.92 Å². The Morgan fingerprint density at radius 2 is 0.860 bits per heavy atom. The minimum absolute atomic E-state index is 0.165. The molecule has 490 valence electrons. The van der Waals surface area contributed by atoms with Crippen molar-refractivity contribution in [1.82, 2.24) is 0 Å². The van der Waals surface area contributed by atoms with Gasteiger partial charge < -0.3 is 9.80 Å². The number of hydrogen-bond acceptors (Lipinski definition) is 2. The van der Waals surface area contributed by atoms with Gasteiger partial charge in [0.1, 0.15) is 0 Å². The zero-order valence-corrected chi connectivity index (χ0v) is 61.0. The molecule has 0 aliphatic heterocycles. The van der Waals surface area contributed by atoms with Crippen LogP contribution in [0.1, 0.15) is 249 Å². The predicted octanol–water partition coefficient (Wildman–Crippen LogP) is 29.0. The number of rotatable bonds is 39. The smallest absolute Gasteiger partial charge is 0.0533 e. The van der Waals surface area contributed by atoms with Crippen LogP contribution in [-0.4, -0.2) is 0 Å². The molecule has 0 aromatic heterocycles. The number of hydrogen-bond donors (Lipinski definition) is 0. The predicted molar refractivity (Wildman–Crippen MR) is 416 cm³/mol. The summed E-state index contributed by atoms with van der Waals surface area (Å²) in [6, 6.07) is 50.2. The summed E-state index contributed by atoms with van der Waals surface area (Å²) in [6.45, 7) is 17.9. The fourth-order valence-electron chi connectivity index (χ4n) is 15.6. The van der Waals surface area contributed by atoms with Gasteiger partial charge in [-0.15, -0.1) is 0 Å². The number of anilines is 4. The molecule has 0 heterocycles. The van der Waals surface area contributed by atoms with Crippen LogP contribution < -0.4 is 9.80 Å². The largest absolute Gasteiger partial charge is 0.310 e. The monoisotopic (exact) mass is 1360 g/mol. The Bertz CT molecular complexity index is 3520. The van der Waals surface area contributed by atoms with E-state index in [9.17, 15) is 0 Å². The molecule has 9 rings (SSSR count).